The van der Waals surface area contributed by atoms with Crippen LogP contribution >= 0.6 is 11.6 Å². The van der Waals surface area contributed by atoms with Crippen molar-refractivity contribution in [1.29, 1.82) is 0 Å². The second kappa shape index (κ2) is 7.68. The molecule has 3 rings (SSSR count). The summed E-state index contributed by atoms with van der Waals surface area (Å²) >= 11 is 6.15. The Morgan fingerprint density at radius 2 is 1.86 bits per heavy atom. The van der Waals surface area contributed by atoms with E-state index in [4.69, 9.17) is 16.3 Å². The van der Waals surface area contributed by atoms with E-state index in [1.807, 2.05) is 12.1 Å². The smallest absolute Gasteiger partial charge is 0.253 e. The molecule has 9 heteroatoms. The van der Waals surface area contributed by atoms with Gasteiger partial charge in [0.15, 0.2) is 0 Å². The fourth-order valence-corrected chi connectivity index (χ4v) is 5.40. The van der Waals surface area contributed by atoms with E-state index >= 15 is 0 Å². The zero-order chi connectivity index (χ0) is 21.4. The molecule has 154 valence electrons. The summed E-state index contributed by atoms with van der Waals surface area (Å²) in [5.41, 5.74) is 0.00495. The lowest BCUT2D eigenvalue weighted by Gasteiger charge is -2.18. The van der Waals surface area contributed by atoms with Gasteiger partial charge in [-0.3, -0.25) is 9.59 Å². The largest absolute Gasteiger partial charge is 0.497 e. The second-order valence-corrected chi connectivity index (χ2v) is 9.63. The van der Waals surface area contributed by atoms with Crippen LogP contribution in [0.1, 0.15) is 29.8 Å². The fourth-order valence-electron chi connectivity index (χ4n) is 3.10. The third-order valence-electron chi connectivity index (χ3n) is 4.63. The molecule has 0 spiro atoms. The monoisotopic (exact) mass is 436 g/mol. The van der Waals surface area contributed by atoms with Crippen LogP contribution in [-0.4, -0.2) is 33.1 Å². The molecule has 7 nitrogen and oxygen atoms in total. The summed E-state index contributed by atoms with van der Waals surface area (Å²) in [6.45, 7) is 3.40. The Kier molecular flexibility index (Phi) is 5.60. The lowest BCUT2D eigenvalue weighted by atomic mass is 9.95. The molecule has 0 bridgehead atoms. The van der Waals surface area contributed by atoms with E-state index in [0.29, 0.717) is 5.75 Å². The number of ether oxygens (including phenoxy) is 1. The number of hydrogen-bond donors (Lipinski definition) is 1. The third-order valence-corrected chi connectivity index (χ3v) is 6.98. The lowest BCUT2D eigenvalue weighted by molar-refractivity contribution is -0.123. The zero-order valence-electron chi connectivity index (χ0n) is 16.2. The van der Waals surface area contributed by atoms with Gasteiger partial charge in [0.2, 0.25) is 15.9 Å². The van der Waals surface area contributed by atoms with Crippen molar-refractivity contribution in [3.8, 4) is 5.75 Å². The quantitative estimate of drug-likeness (QED) is 0.777. The first-order chi connectivity index (χ1) is 13.5. The van der Waals surface area contributed by atoms with Gasteiger partial charge in [-0.2, -0.15) is 0 Å². The number of nitrogens with one attached hydrogen (secondary N) is 1. The van der Waals surface area contributed by atoms with Crippen molar-refractivity contribution >= 4 is 39.1 Å². The number of carbonyl (C=O) groups is 2. The molecule has 0 radical (unpaired) electrons. The molecule has 0 aromatic heterocycles. The van der Waals surface area contributed by atoms with Crippen LogP contribution in [0.25, 0.3) is 0 Å². The number of sulfonamides is 1. The molecule has 1 N–H and O–H groups in total. The van der Waals surface area contributed by atoms with Crippen LogP contribution in [0.2, 0.25) is 5.02 Å². The van der Waals surface area contributed by atoms with Gasteiger partial charge < -0.3 is 10.1 Å². The Morgan fingerprint density at radius 1 is 1.21 bits per heavy atom. The molecule has 0 unspecified atom stereocenters. The topological polar surface area (TPSA) is 92.8 Å². The van der Waals surface area contributed by atoms with E-state index in [1.165, 1.54) is 18.2 Å². The van der Waals surface area contributed by atoms with Gasteiger partial charge in [0.1, 0.15) is 5.75 Å². The average Bonchev–Trinajstić information content (AvgIpc) is 2.83. The highest BCUT2D eigenvalue weighted by Gasteiger charge is 2.50. The van der Waals surface area contributed by atoms with Crippen molar-refractivity contribution in [1.82, 2.24) is 5.32 Å². The molecule has 1 fully saturated rings. The van der Waals surface area contributed by atoms with Gasteiger partial charge >= 0.3 is 0 Å². The number of nitrogens with zero attached hydrogens (tertiary/aromatic N) is 1. The minimum Gasteiger partial charge on any atom is -0.497 e. The predicted octanol–water partition coefficient (Wildman–Crippen LogP) is 2.98. The Labute approximate surface area is 174 Å². The maximum absolute atomic E-state index is 12.6. The molecule has 0 atom stereocenters. The molecule has 2 aromatic rings. The van der Waals surface area contributed by atoms with E-state index in [1.54, 1.807) is 33.1 Å². The minimum absolute atomic E-state index is 0.0883. The van der Waals surface area contributed by atoms with E-state index in [9.17, 15) is 18.0 Å². The Morgan fingerprint density at radius 3 is 2.41 bits per heavy atom. The molecule has 2 amide bonds. The summed E-state index contributed by atoms with van der Waals surface area (Å²) in [5, 5.41) is 2.90. The maximum atomic E-state index is 12.6. The number of benzene rings is 2. The summed E-state index contributed by atoms with van der Waals surface area (Å²) in [6, 6.07) is 11.3. The molecule has 29 heavy (non-hydrogen) atoms. The van der Waals surface area contributed by atoms with Crippen molar-refractivity contribution < 1.29 is 22.7 Å². The van der Waals surface area contributed by atoms with Crippen LogP contribution in [-0.2, 0) is 21.4 Å². The Balaban J connectivity index is 1.83. The summed E-state index contributed by atoms with van der Waals surface area (Å²) < 4.78 is 30.8. The fraction of sp³-hybridized carbons (Fsp3) is 0.300. The predicted molar refractivity (Wildman–Crippen MR) is 111 cm³/mol. The average molecular weight is 437 g/mol. The van der Waals surface area contributed by atoms with Crippen LogP contribution in [0.5, 0.6) is 5.75 Å². The zero-order valence-corrected chi connectivity index (χ0v) is 17.8. The molecule has 1 saturated heterocycles. The molecule has 1 aliphatic rings. The number of amides is 2. The molecule has 0 saturated carbocycles. The minimum atomic E-state index is -3.82. The molecule has 0 aliphatic carbocycles. The van der Waals surface area contributed by atoms with E-state index in [-0.39, 0.29) is 28.6 Å². The van der Waals surface area contributed by atoms with Gasteiger partial charge in [-0.05, 0) is 49.7 Å². The summed E-state index contributed by atoms with van der Waals surface area (Å²) in [6.07, 6.45) is 0. The van der Waals surface area contributed by atoms with Gasteiger partial charge in [-0.25, -0.2) is 12.7 Å². The number of hydrogen-bond acceptors (Lipinski definition) is 5. The SMILES string of the molecule is COc1ccc(CNC(=O)c2cc(N3C(=O)C(C)(C)CS3(=O)=O)ccc2Cl)cc1. The standard InChI is InChI=1S/C20H21ClN2O5S/c1-20(2)12-29(26,27)23(19(20)25)14-6-9-17(21)16(10-14)18(24)22-11-13-4-7-15(28-3)8-5-13/h4-10H,11-12H2,1-3H3,(H,22,24). The molecular formula is C20H21ClN2O5S. The van der Waals surface area contributed by atoms with Gasteiger partial charge in [0, 0.05) is 6.54 Å². The number of anilines is 1. The first kappa shape index (κ1) is 21.1. The lowest BCUT2D eigenvalue weighted by Crippen LogP contribution is -2.33. The van der Waals surface area contributed by atoms with Crippen LogP contribution < -0.4 is 14.4 Å². The first-order valence-electron chi connectivity index (χ1n) is 8.83. The molecular weight excluding hydrogens is 416 g/mol. The van der Waals surface area contributed by atoms with Crippen LogP contribution in [0.15, 0.2) is 42.5 Å². The van der Waals surface area contributed by atoms with Crippen molar-refractivity contribution in [3.63, 3.8) is 0 Å². The Hall–Kier alpha value is -2.58. The van der Waals surface area contributed by atoms with Crippen molar-refractivity contribution in [2.45, 2.75) is 20.4 Å². The number of rotatable bonds is 5. The van der Waals surface area contributed by atoms with Crippen molar-refractivity contribution in [2.75, 3.05) is 17.2 Å². The van der Waals surface area contributed by atoms with Gasteiger partial charge in [0.25, 0.3) is 5.91 Å². The molecule has 1 heterocycles. The molecule has 2 aromatic carbocycles. The normalized spacial score (nSPS) is 17.2. The van der Waals surface area contributed by atoms with Crippen molar-refractivity contribution in [2.24, 2.45) is 5.41 Å². The second-order valence-electron chi connectivity index (χ2n) is 7.40. The number of carbonyl (C=O) groups excluding carboxylic acids is 2. The summed E-state index contributed by atoms with van der Waals surface area (Å²) in [7, 11) is -2.25. The number of methoxy groups -OCH3 is 1. The van der Waals surface area contributed by atoms with Crippen molar-refractivity contribution in [3.05, 3.63) is 58.6 Å². The molecule has 1 aliphatic heterocycles. The van der Waals surface area contributed by atoms with Crippen LogP contribution in [0.4, 0.5) is 5.69 Å². The highest BCUT2D eigenvalue weighted by atomic mass is 35.5. The van der Waals surface area contributed by atoms with E-state index < -0.39 is 27.3 Å². The maximum Gasteiger partial charge on any atom is 0.253 e. The summed E-state index contributed by atoms with van der Waals surface area (Å²) in [4.78, 5) is 25.2. The number of halogens is 1. The van der Waals surface area contributed by atoms with Gasteiger partial charge in [-0.1, -0.05) is 23.7 Å². The van der Waals surface area contributed by atoms with E-state index in [2.05, 4.69) is 5.32 Å². The van der Waals surface area contributed by atoms with Gasteiger partial charge in [0.05, 0.1) is 34.6 Å². The first-order valence-corrected chi connectivity index (χ1v) is 10.8. The van der Waals surface area contributed by atoms with Crippen LogP contribution in [0.3, 0.4) is 0 Å². The van der Waals surface area contributed by atoms with E-state index in [0.717, 1.165) is 9.87 Å². The van der Waals surface area contributed by atoms with Gasteiger partial charge in [-0.15, -0.1) is 0 Å². The highest BCUT2D eigenvalue weighted by molar-refractivity contribution is 7.94. The Bertz CT molecular complexity index is 1060. The van der Waals surface area contributed by atoms with Crippen LogP contribution in [0, 0.1) is 5.41 Å². The summed E-state index contributed by atoms with van der Waals surface area (Å²) in [5.74, 6) is -0.601. The third kappa shape index (κ3) is 4.23. The highest BCUT2D eigenvalue weighted by Crippen LogP contribution is 2.36.